The first-order valence-electron chi connectivity index (χ1n) is 7.03. The van der Waals surface area contributed by atoms with Gasteiger partial charge in [0.2, 0.25) is 0 Å². The topological polar surface area (TPSA) is 72.8 Å². The van der Waals surface area contributed by atoms with Gasteiger partial charge in [-0.05, 0) is 11.1 Å². The summed E-state index contributed by atoms with van der Waals surface area (Å²) in [7, 11) is 2.51. The maximum atomic E-state index is 12.5. The fraction of sp³-hybridized carbons (Fsp3) is 0.375. The average Bonchev–Trinajstić information content (AvgIpc) is 3.07. The van der Waals surface area contributed by atoms with E-state index in [0.29, 0.717) is 5.56 Å². The van der Waals surface area contributed by atoms with Crippen molar-refractivity contribution in [2.45, 2.75) is 10.2 Å². The smallest absolute Gasteiger partial charge is 0.337 e. The van der Waals surface area contributed by atoms with Crippen LogP contribution in [0.3, 0.4) is 0 Å². The minimum absolute atomic E-state index is 0.0278. The van der Waals surface area contributed by atoms with Gasteiger partial charge < -0.3 is 14.6 Å². The van der Waals surface area contributed by atoms with Crippen molar-refractivity contribution >= 4 is 35.5 Å². The third-order valence-corrected chi connectivity index (χ3v) is 7.41. The highest BCUT2D eigenvalue weighted by Gasteiger charge is 2.53. The van der Waals surface area contributed by atoms with Gasteiger partial charge in [0.1, 0.15) is 10.2 Å². The Morgan fingerprint density at radius 3 is 2.35 bits per heavy atom. The Morgan fingerprint density at radius 1 is 1.13 bits per heavy atom. The molecule has 1 fully saturated rings. The second-order valence-electron chi connectivity index (χ2n) is 5.08. The molecule has 122 valence electrons. The molecule has 2 aliphatic rings. The standard InChI is InChI=1S/C16H16O5S2/c1-20-14(18)11-12(15(19)21-2)16(22-7-8-23-16)10-6-4-3-5-9(10)13(11)17/h3-6,13,17H,7-8H2,1-2H3. The minimum Gasteiger partial charge on any atom is -0.466 e. The Balaban J connectivity index is 2.34. The molecule has 1 heterocycles. The van der Waals surface area contributed by atoms with Gasteiger partial charge in [0, 0.05) is 11.5 Å². The summed E-state index contributed by atoms with van der Waals surface area (Å²) < 4.78 is 9.00. The molecule has 0 aromatic heterocycles. The van der Waals surface area contributed by atoms with E-state index in [1.807, 2.05) is 12.1 Å². The lowest BCUT2D eigenvalue weighted by atomic mass is 9.82. The zero-order valence-electron chi connectivity index (χ0n) is 12.7. The highest BCUT2D eigenvalue weighted by atomic mass is 32.2. The molecule has 7 heteroatoms. The number of fused-ring (bicyclic) bond motifs is 2. The summed E-state index contributed by atoms with van der Waals surface area (Å²) in [6.45, 7) is 0. The first-order valence-corrected chi connectivity index (χ1v) is 9.00. The van der Waals surface area contributed by atoms with Crippen LogP contribution in [0.15, 0.2) is 35.4 Å². The van der Waals surface area contributed by atoms with Gasteiger partial charge in [-0.2, -0.15) is 0 Å². The highest BCUT2D eigenvalue weighted by molar-refractivity contribution is 8.21. The number of ether oxygens (including phenoxy) is 2. The van der Waals surface area contributed by atoms with Gasteiger partial charge in [0.25, 0.3) is 0 Å². The molecule has 1 aliphatic carbocycles. The Bertz CT molecular complexity index is 691. The Kier molecular flexibility index (Phi) is 4.44. The van der Waals surface area contributed by atoms with Crippen LogP contribution in [-0.2, 0) is 23.1 Å². The molecule has 23 heavy (non-hydrogen) atoms. The van der Waals surface area contributed by atoms with Crippen LogP contribution in [0.25, 0.3) is 0 Å². The van der Waals surface area contributed by atoms with Gasteiger partial charge in [-0.3, -0.25) is 0 Å². The number of methoxy groups -OCH3 is 2. The molecule has 0 bridgehead atoms. The average molecular weight is 352 g/mol. The van der Waals surface area contributed by atoms with Gasteiger partial charge in [0.15, 0.2) is 0 Å². The minimum atomic E-state index is -1.21. The molecule has 1 unspecified atom stereocenters. The van der Waals surface area contributed by atoms with E-state index < -0.39 is 22.1 Å². The molecule has 0 saturated carbocycles. The molecule has 1 saturated heterocycles. The van der Waals surface area contributed by atoms with Gasteiger partial charge in [-0.1, -0.05) is 24.3 Å². The zero-order chi connectivity index (χ0) is 16.6. The first-order chi connectivity index (χ1) is 11.1. The molecule has 1 aromatic rings. The SMILES string of the molecule is COC(=O)C1=C(C(=O)OC)C2(SCCS2)c2ccccc2C1O. The van der Waals surface area contributed by atoms with Crippen molar-refractivity contribution in [2.24, 2.45) is 0 Å². The van der Waals surface area contributed by atoms with Gasteiger partial charge in [-0.25, -0.2) is 9.59 Å². The Hall–Kier alpha value is -1.44. The zero-order valence-corrected chi connectivity index (χ0v) is 14.3. The first kappa shape index (κ1) is 16.4. The van der Waals surface area contributed by atoms with Crippen molar-refractivity contribution < 1.29 is 24.2 Å². The molecule has 0 radical (unpaired) electrons. The number of rotatable bonds is 2. The van der Waals surface area contributed by atoms with E-state index in [0.717, 1.165) is 17.1 Å². The predicted octanol–water partition coefficient (Wildman–Crippen LogP) is 2.01. The molecule has 1 atom stereocenters. The Morgan fingerprint density at radius 2 is 1.74 bits per heavy atom. The van der Waals surface area contributed by atoms with Crippen LogP contribution < -0.4 is 0 Å². The molecule has 5 nitrogen and oxygen atoms in total. The van der Waals surface area contributed by atoms with E-state index >= 15 is 0 Å². The van der Waals surface area contributed by atoms with E-state index in [1.165, 1.54) is 14.2 Å². The van der Waals surface area contributed by atoms with Crippen molar-refractivity contribution in [3.8, 4) is 0 Å². The molecule has 1 aliphatic heterocycles. The Labute approximate surface area is 142 Å². The molecule has 0 amide bonds. The second-order valence-corrected chi connectivity index (χ2v) is 7.95. The molecular weight excluding hydrogens is 336 g/mol. The number of thioether (sulfide) groups is 2. The second kappa shape index (κ2) is 6.22. The van der Waals surface area contributed by atoms with Gasteiger partial charge in [0.05, 0.1) is 25.4 Å². The lowest BCUT2D eigenvalue weighted by Gasteiger charge is -2.38. The molecular formula is C16H16O5S2. The molecule has 1 aromatic carbocycles. The third kappa shape index (κ3) is 2.38. The number of esters is 2. The van der Waals surface area contributed by atoms with E-state index in [4.69, 9.17) is 9.47 Å². The number of aliphatic hydroxyl groups is 1. The number of aliphatic hydroxyl groups excluding tert-OH is 1. The number of carbonyl (C=O) groups is 2. The van der Waals surface area contributed by atoms with Crippen LogP contribution in [0.1, 0.15) is 17.2 Å². The lowest BCUT2D eigenvalue weighted by Crippen LogP contribution is -2.36. The van der Waals surface area contributed by atoms with Crippen molar-refractivity contribution in [1.82, 2.24) is 0 Å². The summed E-state index contributed by atoms with van der Waals surface area (Å²) in [4.78, 5) is 24.8. The molecule has 1 spiro atoms. The largest absolute Gasteiger partial charge is 0.466 e. The quantitative estimate of drug-likeness (QED) is 0.816. The summed E-state index contributed by atoms with van der Waals surface area (Å²) in [5.74, 6) is 0.356. The number of hydrogen-bond donors (Lipinski definition) is 1. The number of hydrogen-bond acceptors (Lipinski definition) is 7. The lowest BCUT2D eigenvalue weighted by molar-refractivity contribution is -0.140. The van der Waals surface area contributed by atoms with Crippen LogP contribution in [0.4, 0.5) is 0 Å². The number of carbonyl (C=O) groups excluding carboxylic acids is 2. The van der Waals surface area contributed by atoms with Crippen LogP contribution in [0.2, 0.25) is 0 Å². The van der Waals surface area contributed by atoms with Crippen molar-refractivity contribution in [1.29, 1.82) is 0 Å². The number of benzene rings is 1. The van der Waals surface area contributed by atoms with Gasteiger partial charge >= 0.3 is 11.9 Å². The summed E-state index contributed by atoms with van der Waals surface area (Å²) in [5.41, 5.74) is 1.63. The summed E-state index contributed by atoms with van der Waals surface area (Å²) in [5, 5.41) is 10.7. The van der Waals surface area contributed by atoms with Crippen molar-refractivity contribution in [3.05, 3.63) is 46.5 Å². The normalized spacial score (nSPS) is 22.0. The van der Waals surface area contributed by atoms with Crippen LogP contribution in [-0.4, -0.2) is 42.8 Å². The van der Waals surface area contributed by atoms with Crippen LogP contribution in [0, 0.1) is 0 Å². The maximum Gasteiger partial charge on any atom is 0.337 e. The van der Waals surface area contributed by atoms with Crippen LogP contribution >= 0.6 is 23.5 Å². The van der Waals surface area contributed by atoms with E-state index in [2.05, 4.69) is 0 Å². The van der Waals surface area contributed by atoms with Crippen molar-refractivity contribution in [2.75, 3.05) is 25.7 Å². The predicted molar refractivity (Wildman–Crippen MR) is 89.1 cm³/mol. The monoisotopic (exact) mass is 352 g/mol. The molecule has 1 N–H and O–H groups in total. The van der Waals surface area contributed by atoms with E-state index in [9.17, 15) is 14.7 Å². The summed E-state index contributed by atoms with van der Waals surface area (Å²) >= 11 is 3.16. The maximum absolute atomic E-state index is 12.5. The third-order valence-electron chi connectivity index (χ3n) is 3.97. The highest BCUT2D eigenvalue weighted by Crippen LogP contribution is 2.62. The summed E-state index contributed by atoms with van der Waals surface area (Å²) in [6, 6.07) is 7.34. The van der Waals surface area contributed by atoms with Gasteiger partial charge in [-0.15, -0.1) is 23.5 Å². The van der Waals surface area contributed by atoms with Crippen LogP contribution in [0.5, 0.6) is 0 Å². The van der Waals surface area contributed by atoms with Crippen molar-refractivity contribution in [3.63, 3.8) is 0 Å². The van der Waals surface area contributed by atoms with E-state index in [1.54, 1.807) is 35.7 Å². The fourth-order valence-electron chi connectivity index (χ4n) is 3.02. The van der Waals surface area contributed by atoms with E-state index in [-0.39, 0.29) is 11.1 Å². The molecule has 3 rings (SSSR count). The summed E-state index contributed by atoms with van der Waals surface area (Å²) in [6.07, 6.45) is -1.21. The fourth-order valence-corrected chi connectivity index (χ4v) is 6.45.